The van der Waals surface area contributed by atoms with Crippen LogP contribution in [-0.4, -0.2) is 28.2 Å². The van der Waals surface area contributed by atoms with Gasteiger partial charge in [0.05, 0.1) is 18.4 Å². The molecule has 0 bridgehead atoms. The van der Waals surface area contributed by atoms with E-state index in [1.165, 1.54) is 7.11 Å². The first-order chi connectivity index (χ1) is 8.63. The summed E-state index contributed by atoms with van der Waals surface area (Å²) in [5.41, 5.74) is 2.46. The summed E-state index contributed by atoms with van der Waals surface area (Å²) in [5, 5.41) is 9.52. The van der Waals surface area contributed by atoms with Crippen molar-refractivity contribution in [3.63, 3.8) is 0 Å². The van der Waals surface area contributed by atoms with E-state index in [0.29, 0.717) is 22.8 Å². The van der Waals surface area contributed by atoms with Gasteiger partial charge < -0.3 is 10.1 Å². The number of hydrogen-bond donors (Lipinski definition) is 2. The Hall–Kier alpha value is -2.37. The Morgan fingerprint density at radius 2 is 2.22 bits per heavy atom. The van der Waals surface area contributed by atoms with E-state index in [1.54, 1.807) is 32.2 Å². The SMILES string of the molecule is COc1ncccc1NC(=O)c1c(C)n[nH]c1C. The molecule has 2 rings (SSSR count). The maximum Gasteiger partial charge on any atom is 0.259 e. The molecule has 0 aliphatic heterocycles. The third-order valence-corrected chi connectivity index (χ3v) is 2.57. The summed E-state index contributed by atoms with van der Waals surface area (Å²) in [5.74, 6) is 0.148. The van der Waals surface area contributed by atoms with Gasteiger partial charge in [-0.2, -0.15) is 5.10 Å². The summed E-state index contributed by atoms with van der Waals surface area (Å²) in [6.07, 6.45) is 1.60. The molecule has 0 atom stereocenters. The fraction of sp³-hybridized carbons (Fsp3) is 0.250. The van der Waals surface area contributed by atoms with Gasteiger partial charge >= 0.3 is 0 Å². The molecule has 0 radical (unpaired) electrons. The van der Waals surface area contributed by atoms with Gasteiger partial charge in [-0.15, -0.1) is 0 Å². The largest absolute Gasteiger partial charge is 0.480 e. The minimum atomic E-state index is -0.231. The number of ether oxygens (including phenoxy) is 1. The Labute approximate surface area is 104 Å². The van der Waals surface area contributed by atoms with Crippen LogP contribution in [0.4, 0.5) is 5.69 Å². The van der Waals surface area contributed by atoms with Crippen molar-refractivity contribution in [1.29, 1.82) is 0 Å². The lowest BCUT2D eigenvalue weighted by atomic mass is 10.2. The molecular formula is C12H14N4O2. The maximum absolute atomic E-state index is 12.1. The standard InChI is InChI=1S/C12H14N4O2/c1-7-10(8(2)16-15-7)11(17)14-9-5-4-6-13-12(9)18-3/h4-6H,1-3H3,(H,14,17)(H,15,16). The minimum absolute atomic E-state index is 0.231. The molecule has 6 heteroatoms. The summed E-state index contributed by atoms with van der Waals surface area (Å²) in [6, 6.07) is 3.46. The lowest BCUT2D eigenvalue weighted by Crippen LogP contribution is -2.14. The first-order valence-corrected chi connectivity index (χ1v) is 5.45. The highest BCUT2D eigenvalue weighted by molar-refractivity contribution is 6.06. The van der Waals surface area contributed by atoms with Crippen molar-refractivity contribution < 1.29 is 9.53 Å². The van der Waals surface area contributed by atoms with Crippen LogP contribution in [0.3, 0.4) is 0 Å². The van der Waals surface area contributed by atoms with Crippen LogP contribution < -0.4 is 10.1 Å². The van der Waals surface area contributed by atoms with E-state index >= 15 is 0 Å². The van der Waals surface area contributed by atoms with Gasteiger partial charge in [0.2, 0.25) is 5.88 Å². The number of carbonyl (C=O) groups excluding carboxylic acids is 1. The number of anilines is 1. The molecule has 6 nitrogen and oxygen atoms in total. The molecule has 2 heterocycles. The lowest BCUT2D eigenvalue weighted by Gasteiger charge is -2.08. The van der Waals surface area contributed by atoms with Crippen molar-refractivity contribution in [2.75, 3.05) is 12.4 Å². The highest BCUT2D eigenvalue weighted by Crippen LogP contribution is 2.21. The zero-order chi connectivity index (χ0) is 13.1. The Bertz CT molecular complexity index is 558. The normalized spacial score (nSPS) is 10.2. The first kappa shape index (κ1) is 12.1. The van der Waals surface area contributed by atoms with Gasteiger partial charge in [0, 0.05) is 11.9 Å². The van der Waals surface area contributed by atoms with Crippen molar-refractivity contribution in [3.05, 3.63) is 35.3 Å². The second kappa shape index (κ2) is 4.87. The number of methoxy groups -OCH3 is 1. The van der Waals surface area contributed by atoms with E-state index in [4.69, 9.17) is 4.74 Å². The van der Waals surface area contributed by atoms with Gasteiger partial charge in [0.1, 0.15) is 5.69 Å². The quantitative estimate of drug-likeness (QED) is 0.863. The maximum atomic E-state index is 12.1. The number of aromatic amines is 1. The Morgan fingerprint density at radius 1 is 1.44 bits per heavy atom. The topological polar surface area (TPSA) is 79.9 Å². The lowest BCUT2D eigenvalue weighted by molar-refractivity contribution is 0.102. The van der Waals surface area contributed by atoms with Crippen LogP contribution in [0.25, 0.3) is 0 Å². The van der Waals surface area contributed by atoms with Crippen LogP contribution in [0.1, 0.15) is 21.7 Å². The molecule has 0 saturated heterocycles. The second-order valence-electron chi connectivity index (χ2n) is 3.82. The summed E-state index contributed by atoms with van der Waals surface area (Å²) in [7, 11) is 1.51. The number of H-pyrrole nitrogens is 1. The van der Waals surface area contributed by atoms with Crippen molar-refractivity contribution >= 4 is 11.6 Å². The summed E-state index contributed by atoms with van der Waals surface area (Å²) < 4.78 is 5.07. The number of aryl methyl sites for hydroxylation is 2. The number of carbonyl (C=O) groups is 1. The van der Waals surface area contributed by atoms with Crippen LogP contribution in [0.2, 0.25) is 0 Å². The number of rotatable bonds is 3. The van der Waals surface area contributed by atoms with Crippen molar-refractivity contribution in [2.45, 2.75) is 13.8 Å². The van der Waals surface area contributed by atoms with Gasteiger partial charge in [0.25, 0.3) is 5.91 Å². The predicted octanol–water partition coefficient (Wildman–Crippen LogP) is 1.68. The predicted molar refractivity (Wildman–Crippen MR) is 66.8 cm³/mol. The van der Waals surface area contributed by atoms with Gasteiger partial charge in [-0.1, -0.05) is 0 Å². The molecule has 0 spiro atoms. The highest BCUT2D eigenvalue weighted by atomic mass is 16.5. The highest BCUT2D eigenvalue weighted by Gasteiger charge is 2.16. The van der Waals surface area contributed by atoms with Crippen LogP contribution >= 0.6 is 0 Å². The van der Waals surface area contributed by atoms with Gasteiger partial charge in [-0.3, -0.25) is 9.89 Å². The Balaban J connectivity index is 2.27. The number of hydrogen-bond acceptors (Lipinski definition) is 4. The van der Waals surface area contributed by atoms with E-state index in [0.717, 1.165) is 5.69 Å². The Morgan fingerprint density at radius 3 is 2.83 bits per heavy atom. The average Bonchev–Trinajstić information content (AvgIpc) is 2.69. The van der Waals surface area contributed by atoms with E-state index < -0.39 is 0 Å². The number of pyridine rings is 1. The number of amides is 1. The van der Waals surface area contributed by atoms with E-state index in [-0.39, 0.29) is 5.91 Å². The zero-order valence-corrected chi connectivity index (χ0v) is 10.4. The Kier molecular flexibility index (Phi) is 3.27. The van der Waals surface area contributed by atoms with Crippen molar-refractivity contribution in [3.8, 4) is 5.88 Å². The van der Waals surface area contributed by atoms with Crippen molar-refractivity contribution in [2.24, 2.45) is 0 Å². The van der Waals surface area contributed by atoms with E-state index in [2.05, 4.69) is 20.5 Å². The third-order valence-electron chi connectivity index (χ3n) is 2.57. The fourth-order valence-electron chi connectivity index (χ4n) is 1.72. The minimum Gasteiger partial charge on any atom is -0.480 e. The monoisotopic (exact) mass is 246 g/mol. The van der Waals surface area contributed by atoms with Gasteiger partial charge in [-0.25, -0.2) is 4.98 Å². The summed E-state index contributed by atoms with van der Waals surface area (Å²) in [4.78, 5) is 16.1. The molecule has 18 heavy (non-hydrogen) atoms. The molecule has 2 aromatic rings. The molecule has 0 aliphatic rings. The van der Waals surface area contributed by atoms with Gasteiger partial charge in [0.15, 0.2) is 0 Å². The van der Waals surface area contributed by atoms with Crippen LogP contribution in [0.5, 0.6) is 5.88 Å². The van der Waals surface area contributed by atoms with Crippen LogP contribution in [-0.2, 0) is 0 Å². The molecule has 0 aliphatic carbocycles. The van der Waals surface area contributed by atoms with Gasteiger partial charge in [-0.05, 0) is 26.0 Å². The summed E-state index contributed by atoms with van der Waals surface area (Å²) >= 11 is 0. The summed E-state index contributed by atoms with van der Waals surface area (Å²) in [6.45, 7) is 3.58. The fourth-order valence-corrected chi connectivity index (χ4v) is 1.72. The molecule has 94 valence electrons. The molecule has 0 unspecified atom stereocenters. The average molecular weight is 246 g/mol. The molecule has 2 aromatic heterocycles. The second-order valence-corrected chi connectivity index (χ2v) is 3.82. The molecule has 1 amide bonds. The smallest absolute Gasteiger partial charge is 0.259 e. The van der Waals surface area contributed by atoms with Crippen LogP contribution in [0.15, 0.2) is 18.3 Å². The molecule has 2 N–H and O–H groups in total. The molecule has 0 aromatic carbocycles. The van der Waals surface area contributed by atoms with E-state index in [9.17, 15) is 4.79 Å². The molecule has 0 saturated carbocycles. The number of nitrogens with one attached hydrogen (secondary N) is 2. The zero-order valence-electron chi connectivity index (χ0n) is 10.4. The molecule has 0 fully saturated rings. The third kappa shape index (κ3) is 2.17. The number of aromatic nitrogens is 3. The first-order valence-electron chi connectivity index (χ1n) is 5.45. The van der Waals surface area contributed by atoms with Crippen molar-refractivity contribution in [1.82, 2.24) is 15.2 Å². The molecular weight excluding hydrogens is 232 g/mol. The van der Waals surface area contributed by atoms with E-state index in [1.807, 2.05) is 0 Å². The number of nitrogens with zero attached hydrogens (tertiary/aromatic N) is 2. The van der Waals surface area contributed by atoms with Crippen LogP contribution in [0, 0.1) is 13.8 Å².